The standard InChI is InChI=1S/C48H71N7O12S/c1-26(2)23-37-46(62)54-40(48(65)66)30(6)42(58)51-35(21-22-68-11)45(61)50-34(18-17-27(3)24-28(4)38(67-10)25-33-15-13-12-14-16-33)29(5)41(57)52-36(47(63)64)19-20-39(56)55(9)32(8)44(60)49-31(7)43(59)53-37/h12-18,24,26,28-31,34-38,40H,8,19-23,25H2,1-7,9-11H3,(H,49,60)(H,50,61)(H,51,58)(H,52,57)(H,53,59)(H,54,62)(H,63,64)(H,65,66)/b18-17+,27-24+/t28-,29-,30-,31+,34-,35-,36+,37-,38-,40+/m0/s1. The molecule has 2 rings (SSSR count). The molecule has 8 N–H and O–H groups in total. The average molecular weight is 970 g/mol. The molecule has 0 radical (unpaired) electrons. The number of allylic oxidation sites excluding steroid dienone is 2. The Hall–Kier alpha value is -6.02. The fourth-order valence-electron chi connectivity index (χ4n) is 7.19. The van der Waals surface area contributed by atoms with Gasteiger partial charge >= 0.3 is 11.9 Å². The molecule has 1 heterocycles. The first kappa shape index (κ1) is 58.1. The van der Waals surface area contributed by atoms with E-state index in [2.05, 4.69) is 38.5 Å². The normalized spacial score (nSPS) is 26.0. The summed E-state index contributed by atoms with van der Waals surface area (Å²) < 4.78 is 5.81. The summed E-state index contributed by atoms with van der Waals surface area (Å²) in [6.07, 6.45) is 6.68. The van der Waals surface area contributed by atoms with E-state index in [1.165, 1.54) is 39.6 Å². The van der Waals surface area contributed by atoms with E-state index in [0.29, 0.717) is 12.2 Å². The maximum atomic E-state index is 14.2. The van der Waals surface area contributed by atoms with Crippen molar-refractivity contribution in [3.8, 4) is 0 Å². The molecule has 68 heavy (non-hydrogen) atoms. The van der Waals surface area contributed by atoms with Crippen LogP contribution >= 0.6 is 11.8 Å². The molecule has 20 heteroatoms. The number of aliphatic carboxylic acids is 2. The number of rotatable bonds is 14. The van der Waals surface area contributed by atoms with Gasteiger partial charge in [-0.05, 0) is 63.0 Å². The lowest BCUT2D eigenvalue weighted by molar-refractivity contribution is -0.146. The van der Waals surface area contributed by atoms with Crippen molar-refractivity contribution in [2.45, 2.75) is 123 Å². The molecule has 1 saturated heterocycles. The maximum absolute atomic E-state index is 14.2. The van der Waals surface area contributed by atoms with Crippen molar-refractivity contribution in [1.29, 1.82) is 0 Å². The highest BCUT2D eigenvalue weighted by molar-refractivity contribution is 7.98. The summed E-state index contributed by atoms with van der Waals surface area (Å²) in [5, 5.41) is 35.6. The number of carboxylic acid groups (broad SMARTS) is 2. The number of benzene rings is 1. The topological polar surface area (TPSA) is 279 Å². The maximum Gasteiger partial charge on any atom is 0.327 e. The zero-order valence-corrected chi connectivity index (χ0v) is 41.6. The fourth-order valence-corrected chi connectivity index (χ4v) is 7.66. The Morgan fingerprint density at radius 3 is 2.01 bits per heavy atom. The van der Waals surface area contributed by atoms with E-state index in [-0.39, 0.29) is 30.8 Å². The molecule has 1 aromatic rings. The Morgan fingerprint density at radius 1 is 0.838 bits per heavy atom. The summed E-state index contributed by atoms with van der Waals surface area (Å²) in [4.78, 5) is 121. The molecular formula is C48H71N7O12S. The van der Waals surface area contributed by atoms with E-state index >= 15 is 0 Å². The van der Waals surface area contributed by atoms with Gasteiger partial charge in [-0.2, -0.15) is 11.8 Å². The lowest BCUT2D eigenvalue weighted by atomic mass is 9.94. The van der Waals surface area contributed by atoms with Crippen LogP contribution in [0.3, 0.4) is 0 Å². The second kappa shape index (κ2) is 28.3. The summed E-state index contributed by atoms with van der Waals surface area (Å²) in [5.74, 6) is -11.5. The van der Waals surface area contributed by atoms with E-state index in [9.17, 15) is 53.4 Å². The lowest BCUT2D eigenvalue weighted by Gasteiger charge is -2.28. The third-order valence-corrected chi connectivity index (χ3v) is 12.3. The third kappa shape index (κ3) is 18.6. The van der Waals surface area contributed by atoms with Crippen LogP contribution in [0.25, 0.3) is 0 Å². The molecule has 1 fully saturated rings. The minimum absolute atomic E-state index is 0.0328. The molecule has 1 aromatic carbocycles. The molecule has 1 aliphatic rings. The molecule has 0 spiro atoms. The van der Waals surface area contributed by atoms with Crippen LogP contribution in [0.4, 0.5) is 0 Å². The average Bonchev–Trinajstić information content (AvgIpc) is 3.29. The van der Waals surface area contributed by atoms with Crippen LogP contribution in [-0.2, 0) is 54.3 Å². The van der Waals surface area contributed by atoms with Crippen molar-refractivity contribution in [2.24, 2.45) is 23.7 Å². The van der Waals surface area contributed by atoms with Gasteiger partial charge in [0.05, 0.1) is 24.0 Å². The van der Waals surface area contributed by atoms with Crippen LogP contribution in [0.2, 0.25) is 0 Å². The molecule has 10 atom stereocenters. The number of carbonyl (C=O) groups is 9. The van der Waals surface area contributed by atoms with Gasteiger partial charge in [-0.15, -0.1) is 0 Å². The first-order chi connectivity index (χ1) is 31.9. The quantitative estimate of drug-likeness (QED) is 0.0984. The van der Waals surface area contributed by atoms with Crippen LogP contribution < -0.4 is 31.9 Å². The highest BCUT2D eigenvalue weighted by atomic mass is 32.2. The van der Waals surface area contributed by atoms with Gasteiger partial charge in [-0.1, -0.05) is 95.3 Å². The van der Waals surface area contributed by atoms with E-state index < -0.39 is 120 Å². The van der Waals surface area contributed by atoms with Crippen molar-refractivity contribution in [3.05, 3.63) is 72.0 Å². The second-order valence-corrected chi connectivity index (χ2v) is 18.6. The SMILES string of the molecule is C=C1C(=O)N[C@H](C)C(=O)N[C@@H](CC(C)C)C(=O)N[C@@H](C(=O)O)[C@H](C)C(=O)N[C@@H](CCSC)C(=O)N[C@@H](/C=C/C(C)=C/[C@H](C)[C@H](Cc2ccccc2)OC)[C@H](C)C(=O)N[C@@H](C(=O)O)CCC(=O)N1C. The van der Waals surface area contributed by atoms with E-state index in [1.54, 1.807) is 39.4 Å². The zero-order valence-electron chi connectivity index (χ0n) is 40.8. The number of nitrogens with one attached hydrogen (secondary N) is 6. The molecule has 0 aromatic heterocycles. The Morgan fingerprint density at radius 2 is 1.44 bits per heavy atom. The van der Waals surface area contributed by atoms with Gasteiger partial charge in [0.2, 0.25) is 35.4 Å². The molecule has 1 aliphatic heterocycles. The fraction of sp³-hybridized carbons (Fsp3) is 0.562. The summed E-state index contributed by atoms with van der Waals surface area (Å²) in [6, 6.07) is 1.40. The molecule has 7 amide bonds. The van der Waals surface area contributed by atoms with Crippen molar-refractivity contribution in [3.63, 3.8) is 0 Å². The highest BCUT2D eigenvalue weighted by Gasteiger charge is 2.37. The summed E-state index contributed by atoms with van der Waals surface area (Å²) in [7, 11) is 2.85. The summed E-state index contributed by atoms with van der Waals surface area (Å²) >= 11 is 1.37. The van der Waals surface area contributed by atoms with Gasteiger partial charge in [0.15, 0.2) is 0 Å². The van der Waals surface area contributed by atoms with E-state index in [1.807, 2.05) is 50.3 Å². The van der Waals surface area contributed by atoms with Gasteiger partial charge in [0.1, 0.15) is 35.9 Å². The number of hydrogen-bond acceptors (Lipinski definition) is 11. The number of methoxy groups -OCH3 is 1. The van der Waals surface area contributed by atoms with Gasteiger partial charge in [-0.3, -0.25) is 33.6 Å². The zero-order chi connectivity index (χ0) is 51.4. The Labute approximate surface area is 403 Å². The molecule has 0 saturated carbocycles. The molecule has 0 unspecified atom stereocenters. The first-order valence-corrected chi connectivity index (χ1v) is 24.0. The van der Waals surface area contributed by atoms with E-state index in [4.69, 9.17) is 4.74 Å². The number of carboxylic acids is 2. The van der Waals surface area contributed by atoms with Crippen molar-refractivity contribution >= 4 is 65.1 Å². The van der Waals surface area contributed by atoms with Crippen LogP contribution in [0.1, 0.15) is 79.7 Å². The second-order valence-electron chi connectivity index (χ2n) is 17.6. The third-order valence-electron chi connectivity index (χ3n) is 11.6. The predicted molar refractivity (Wildman–Crippen MR) is 257 cm³/mol. The molecule has 376 valence electrons. The number of nitrogens with zero attached hydrogens (tertiary/aromatic N) is 1. The summed E-state index contributed by atoms with van der Waals surface area (Å²) in [5.41, 5.74) is 1.43. The number of ether oxygens (including phenoxy) is 1. The van der Waals surface area contributed by atoms with Gasteiger partial charge in [0, 0.05) is 26.5 Å². The molecular weight excluding hydrogens is 899 g/mol. The summed E-state index contributed by atoms with van der Waals surface area (Å²) in [6.45, 7) is 15.0. The first-order valence-electron chi connectivity index (χ1n) is 22.6. The van der Waals surface area contributed by atoms with Crippen LogP contribution in [0, 0.1) is 23.7 Å². The monoisotopic (exact) mass is 969 g/mol. The highest BCUT2D eigenvalue weighted by Crippen LogP contribution is 2.19. The largest absolute Gasteiger partial charge is 0.480 e. The number of carbonyl (C=O) groups excluding carboxylic acids is 7. The number of likely N-dealkylation sites (N-methyl/N-ethyl adjacent to an activating group) is 1. The van der Waals surface area contributed by atoms with Crippen LogP contribution in [0.15, 0.2) is 66.4 Å². The predicted octanol–water partition coefficient (Wildman–Crippen LogP) is 2.32. The molecule has 0 aliphatic carbocycles. The number of hydrogen-bond donors (Lipinski definition) is 8. The Bertz CT molecular complexity index is 2030. The number of thioether (sulfide) groups is 1. The Kier molecular flexibility index (Phi) is 24.2. The van der Waals surface area contributed by atoms with Crippen molar-refractivity contribution in [2.75, 3.05) is 26.2 Å². The number of amides is 7. The minimum Gasteiger partial charge on any atom is -0.480 e. The smallest absolute Gasteiger partial charge is 0.327 e. The van der Waals surface area contributed by atoms with Gasteiger partial charge in [-0.25, -0.2) is 9.59 Å². The van der Waals surface area contributed by atoms with Crippen LogP contribution in [-0.4, -0.2) is 137 Å². The van der Waals surface area contributed by atoms with Crippen molar-refractivity contribution in [1.82, 2.24) is 36.8 Å². The molecule has 0 bridgehead atoms. The lowest BCUT2D eigenvalue weighted by Crippen LogP contribution is -2.59. The van der Waals surface area contributed by atoms with Gasteiger partial charge < -0.3 is 51.8 Å². The molecule has 19 nitrogen and oxygen atoms in total. The van der Waals surface area contributed by atoms with Gasteiger partial charge in [0.25, 0.3) is 5.91 Å². The van der Waals surface area contributed by atoms with Crippen LogP contribution in [0.5, 0.6) is 0 Å². The minimum atomic E-state index is -1.83. The Balaban J connectivity index is 2.67. The van der Waals surface area contributed by atoms with Crippen molar-refractivity contribution < 1.29 is 58.1 Å². The van der Waals surface area contributed by atoms with E-state index in [0.717, 1.165) is 16.0 Å².